The van der Waals surface area contributed by atoms with Gasteiger partial charge in [-0.05, 0) is 52.3 Å². The van der Waals surface area contributed by atoms with Crippen LogP contribution in [-0.4, -0.2) is 20.5 Å². The molecule has 0 saturated heterocycles. The summed E-state index contributed by atoms with van der Waals surface area (Å²) < 4.78 is 53.8. The number of hydrogen-bond donors (Lipinski definition) is 0. The highest BCUT2D eigenvalue weighted by Gasteiger charge is 2.36. The Labute approximate surface area is 165 Å². The van der Waals surface area contributed by atoms with Crippen molar-refractivity contribution in [2.24, 2.45) is 0 Å². The lowest BCUT2D eigenvalue weighted by Gasteiger charge is -2.21. The Morgan fingerprint density at radius 2 is 1.19 bits per heavy atom. The van der Waals surface area contributed by atoms with E-state index in [2.05, 4.69) is 15.9 Å². The van der Waals surface area contributed by atoms with E-state index in [9.17, 15) is 16.8 Å². The van der Waals surface area contributed by atoms with E-state index in [-0.39, 0.29) is 16.3 Å². The van der Waals surface area contributed by atoms with Crippen LogP contribution in [0.2, 0.25) is 0 Å². The molecule has 0 aliphatic rings. The smallest absolute Gasteiger partial charge is 0.206 e. The molecule has 1 heterocycles. The van der Waals surface area contributed by atoms with Gasteiger partial charge in [0, 0.05) is 4.88 Å². The minimum atomic E-state index is -4.26. The van der Waals surface area contributed by atoms with Crippen molar-refractivity contribution < 1.29 is 16.8 Å². The highest BCUT2D eigenvalue weighted by Crippen LogP contribution is 2.30. The van der Waals surface area contributed by atoms with E-state index in [1.54, 1.807) is 48.5 Å². The highest BCUT2D eigenvalue weighted by molar-refractivity contribution is 9.11. The van der Waals surface area contributed by atoms with Gasteiger partial charge in [-0.2, -0.15) is 0 Å². The van der Waals surface area contributed by atoms with E-state index >= 15 is 0 Å². The van der Waals surface area contributed by atoms with Crippen molar-refractivity contribution in [3.63, 3.8) is 0 Å². The van der Waals surface area contributed by atoms with E-state index in [0.29, 0.717) is 8.59 Å². The Hall–Kier alpha value is -1.52. The van der Waals surface area contributed by atoms with Crippen LogP contribution in [0.15, 0.2) is 86.4 Å². The van der Waals surface area contributed by atoms with Crippen LogP contribution in [0.3, 0.4) is 0 Å². The molecule has 0 bridgehead atoms. The fraction of sp³-hybridized carbons (Fsp3) is 0.0588. The van der Waals surface area contributed by atoms with Gasteiger partial charge in [0.1, 0.15) is 0 Å². The number of halogens is 1. The zero-order chi connectivity index (χ0) is 18.8. The Morgan fingerprint density at radius 1 is 0.731 bits per heavy atom. The second kappa shape index (κ2) is 7.61. The van der Waals surface area contributed by atoms with E-state index in [0.717, 1.165) is 3.79 Å². The van der Waals surface area contributed by atoms with Gasteiger partial charge in [-0.3, -0.25) is 0 Å². The second-order valence-electron chi connectivity index (χ2n) is 5.27. The molecule has 0 aliphatic heterocycles. The number of thiophene rings is 1. The summed E-state index contributed by atoms with van der Waals surface area (Å²) in [5, 5.41) is 0. The molecule has 0 atom stereocenters. The van der Waals surface area contributed by atoms with Crippen molar-refractivity contribution in [2.45, 2.75) is 16.3 Å². The molecule has 0 N–H and O–H groups in total. The van der Waals surface area contributed by atoms with Gasteiger partial charge < -0.3 is 0 Å². The van der Waals surface area contributed by atoms with Gasteiger partial charge in [-0.25, -0.2) is 16.8 Å². The van der Waals surface area contributed by atoms with Gasteiger partial charge in [-0.1, -0.05) is 40.1 Å². The molecule has 3 aromatic rings. The van der Waals surface area contributed by atoms with Gasteiger partial charge in [0.2, 0.25) is 0 Å². The molecule has 0 aliphatic carbocycles. The van der Waals surface area contributed by atoms with Gasteiger partial charge in [0.15, 0.2) is 0 Å². The van der Waals surface area contributed by atoms with Crippen molar-refractivity contribution in [2.75, 3.05) is 0 Å². The van der Waals surface area contributed by atoms with E-state index < -0.39 is 20.0 Å². The normalized spacial score (nSPS) is 12.4. The van der Waals surface area contributed by atoms with Gasteiger partial charge in [0.25, 0.3) is 20.0 Å². The van der Waals surface area contributed by atoms with Gasteiger partial charge in [-0.15, -0.1) is 11.3 Å². The lowest BCUT2D eigenvalue weighted by molar-refractivity contribution is 0.496. The van der Waals surface area contributed by atoms with Crippen LogP contribution in [0, 0.1) is 0 Å². The summed E-state index contributed by atoms with van der Waals surface area (Å²) in [4.78, 5) is 0.459. The fourth-order valence-electron chi connectivity index (χ4n) is 2.28. The average Bonchev–Trinajstić information content (AvgIpc) is 3.06. The number of benzene rings is 2. The predicted octanol–water partition coefficient (Wildman–Crippen LogP) is 4.09. The third kappa shape index (κ3) is 3.91. The number of nitrogens with zero attached hydrogens (tertiary/aromatic N) is 1. The minimum absolute atomic E-state index is 0.0740. The number of hydrogen-bond acceptors (Lipinski definition) is 5. The summed E-state index contributed by atoms with van der Waals surface area (Å²) in [6.07, 6.45) is 0. The van der Waals surface area contributed by atoms with Crippen molar-refractivity contribution in [3.8, 4) is 0 Å². The maximum absolute atomic E-state index is 13.1. The third-order valence-electron chi connectivity index (χ3n) is 3.53. The zero-order valence-corrected chi connectivity index (χ0v) is 17.4. The molecule has 1 aromatic heterocycles. The second-order valence-corrected chi connectivity index (χ2v) is 11.8. The van der Waals surface area contributed by atoms with Crippen molar-refractivity contribution in [1.29, 1.82) is 0 Å². The molecule has 0 fully saturated rings. The van der Waals surface area contributed by atoms with Crippen LogP contribution < -0.4 is 0 Å². The van der Waals surface area contributed by atoms with Crippen LogP contribution in [0.5, 0.6) is 0 Å². The lowest BCUT2D eigenvalue weighted by atomic mass is 10.4. The minimum Gasteiger partial charge on any atom is -0.206 e. The molecule has 26 heavy (non-hydrogen) atoms. The molecule has 0 saturated carbocycles. The summed E-state index contributed by atoms with van der Waals surface area (Å²) >= 11 is 4.60. The summed E-state index contributed by atoms with van der Waals surface area (Å²) in [6.45, 7) is -0.273. The van der Waals surface area contributed by atoms with Crippen LogP contribution >= 0.6 is 27.3 Å². The third-order valence-corrected chi connectivity index (χ3v) is 9.38. The quantitative estimate of drug-likeness (QED) is 0.542. The Bertz CT molecular complexity index is 1030. The first-order valence-corrected chi connectivity index (χ1v) is 11.9. The topological polar surface area (TPSA) is 71.5 Å². The van der Waals surface area contributed by atoms with E-state index in [4.69, 9.17) is 0 Å². The molecule has 9 heteroatoms. The maximum Gasteiger partial charge on any atom is 0.256 e. The van der Waals surface area contributed by atoms with Crippen molar-refractivity contribution in [3.05, 3.63) is 81.5 Å². The van der Waals surface area contributed by atoms with Crippen molar-refractivity contribution in [1.82, 2.24) is 3.71 Å². The summed E-state index contributed by atoms with van der Waals surface area (Å²) in [5.41, 5.74) is 0. The van der Waals surface area contributed by atoms with Crippen LogP contribution in [-0.2, 0) is 26.6 Å². The number of sulfonamides is 2. The molecule has 3 rings (SSSR count). The highest BCUT2D eigenvalue weighted by atomic mass is 79.9. The lowest BCUT2D eigenvalue weighted by Crippen LogP contribution is -2.36. The van der Waals surface area contributed by atoms with Crippen molar-refractivity contribution >= 4 is 47.3 Å². The maximum atomic E-state index is 13.1. The molecule has 5 nitrogen and oxygen atoms in total. The Kier molecular flexibility index (Phi) is 5.64. The largest absolute Gasteiger partial charge is 0.256 e. The Morgan fingerprint density at radius 3 is 1.58 bits per heavy atom. The molecule has 0 spiro atoms. The monoisotopic (exact) mass is 471 g/mol. The summed E-state index contributed by atoms with van der Waals surface area (Å²) in [6, 6.07) is 18.6. The first-order valence-electron chi connectivity index (χ1n) is 7.44. The SMILES string of the molecule is O=S(=O)(c1ccccc1)N(Cc1ccc(Br)s1)S(=O)(=O)c1ccccc1. The first kappa shape index (κ1) is 19.2. The van der Waals surface area contributed by atoms with Crippen LogP contribution in [0.25, 0.3) is 0 Å². The summed E-state index contributed by atoms with van der Waals surface area (Å²) in [7, 11) is -8.52. The molecular formula is C17H14BrNO4S3. The molecule has 0 radical (unpaired) electrons. The predicted molar refractivity (Wildman–Crippen MR) is 105 cm³/mol. The van der Waals surface area contributed by atoms with Crippen LogP contribution in [0.4, 0.5) is 0 Å². The molecule has 0 unspecified atom stereocenters. The first-order chi connectivity index (χ1) is 12.3. The Balaban J connectivity index is 2.14. The van der Waals surface area contributed by atoms with E-state index in [1.165, 1.54) is 35.6 Å². The summed E-state index contributed by atoms with van der Waals surface area (Å²) in [5.74, 6) is 0. The zero-order valence-electron chi connectivity index (χ0n) is 13.3. The molecular weight excluding hydrogens is 458 g/mol. The van der Waals surface area contributed by atoms with Gasteiger partial charge >= 0.3 is 0 Å². The average molecular weight is 472 g/mol. The molecule has 136 valence electrons. The van der Waals surface area contributed by atoms with E-state index in [1.807, 2.05) is 0 Å². The molecule has 0 amide bonds. The standard InChI is InChI=1S/C17H14BrNO4S3/c18-17-12-11-14(24-17)13-19(25(20,21)15-7-3-1-4-8-15)26(22,23)16-9-5-2-6-10-16/h1-12H,13H2. The molecule has 2 aromatic carbocycles. The van der Waals surface area contributed by atoms with Gasteiger partial charge in [0.05, 0.1) is 20.1 Å². The fourth-order valence-corrected chi connectivity index (χ4v) is 7.56. The van der Waals surface area contributed by atoms with Crippen LogP contribution in [0.1, 0.15) is 4.88 Å². The number of rotatable bonds is 6.